The molecule has 0 heterocycles. The summed E-state index contributed by atoms with van der Waals surface area (Å²) in [4.78, 5) is 24.5. The van der Waals surface area contributed by atoms with Crippen molar-refractivity contribution in [2.75, 3.05) is 7.05 Å². The number of nitrogens with zero attached hydrogens (tertiary/aromatic N) is 1. The predicted molar refractivity (Wildman–Crippen MR) is 78.2 cm³/mol. The number of rotatable bonds is 7. The molecule has 0 aromatic heterocycles. The lowest BCUT2D eigenvalue weighted by molar-refractivity contribution is -0.140. The molecule has 20 heavy (non-hydrogen) atoms. The number of carbonyl (C=O) groups excluding carboxylic acids is 1. The van der Waals surface area contributed by atoms with Crippen molar-refractivity contribution in [2.45, 2.75) is 39.7 Å². The molecule has 1 rings (SSSR count). The van der Waals surface area contributed by atoms with Crippen LogP contribution in [-0.2, 0) is 16.1 Å². The van der Waals surface area contributed by atoms with Crippen LogP contribution in [0.25, 0.3) is 0 Å². The molecule has 0 aliphatic rings. The summed E-state index contributed by atoms with van der Waals surface area (Å²) >= 11 is 0. The van der Waals surface area contributed by atoms with E-state index in [1.165, 1.54) is 0 Å². The smallest absolute Gasteiger partial charge is 0.303 e. The van der Waals surface area contributed by atoms with E-state index in [2.05, 4.69) is 0 Å². The molecular weight excluding hydrogens is 254 g/mol. The highest BCUT2D eigenvalue weighted by Gasteiger charge is 2.23. The average Bonchev–Trinajstić information content (AvgIpc) is 2.35. The van der Waals surface area contributed by atoms with Crippen molar-refractivity contribution in [1.82, 2.24) is 4.90 Å². The highest BCUT2D eigenvalue weighted by Crippen LogP contribution is 2.27. The first kappa shape index (κ1) is 16.2. The number of hydrogen-bond donors (Lipinski definition) is 1. The van der Waals surface area contributed by atoms with Crippen molar-refractivity contribution in [3.05, 3.63) is 35.9 Å². The molecule has 0 spiro atoms. The van der Waals surface area contributed by atoms with Gasteiger partial charge in [-0.25, -0.2) is 0 Å². The number of amides is 1. The Kier molecular flexibility index (Phi) is 5.74. The van der Waals surface area contributed by atoms with Gasteiger partial charge in [0.2, 0.25) is 5.91 Å². The molecule has 0 atom stereocenters. The topological polar surface area (TPSA) is 57.6 Å². The molecule has 0 saturated heterocycles. The van der Waals surface area contributed by atoms with Crippen molar-refractivity contribution in [3.63, 3.8) is 0 Å². The molecule has 0 radical (unpaired) electrons. The number of aliphatic carboxylic acids is 1. The van der Waals surface area contributed by atoms with Gasteiger partial charge in [0.1, 0.15) is 0 Å². The van der Waals surface area contributed by atoms with Crippen molar-refractivity contribution >= 4 is 11.9 Å². The second-order valence-electron chi connectivity index (χ2n) is 5.97. The standard InChI is InChI=1S/C16H23NO3/c1-16(2,11-15(19)20)10-9-14(18)17(3)12-13-7-5-4-6-8-13/h4-8H,9-12H2,1-3H3,(H,19,20). The molecular formula is C16H23NO3. The first-order valence-corrected chi connectivity index (χ1v) is 6.80. The number of benzene rings is 1. The Balaban J connectivity index is 2.44. The van der Waals surface area contributed by atoms with Crippen LogP contribution < -0.4 is 0 Å². The van der Waals surface area contributed by atoms with Gasteiger partial charge in [0, 0.05) is 20.0 Å². The van der Waals surface area contributed by atoms with Crippen LogP contribution in [0.3, 0.4) is 0 Å². The maximum absolute atomic E-state index is 12.1. The minimum atomic E-state index is -0.819. The van der Waals surface area contributed by atoms with Crippen LogP contribution in [0.2, 0.25) is 0 Å². The van der Waals surface area contributed by atoms with Crippen LogP contribution in [0.5, 0.6) is 0 Å². The van der Waals surface area contributed by atoms with Crippen molar-refractivity contribution < 1.29 is 14.7 Å². The molecule has 0 bridgehead atoms. The lowest BCUT2D eigenvalue weighted by atomic mass is 9.84. The lowest BCUT2D eigenvalue weighted by Gasteiger charge is -2.24. The Hall–Kier alpha value is -1.84. The Morgan fingerprint density at radius 2 is 1.80 bits per heavy atom. The van der Waals surface area contributed by atoms with Gasteiger partial charge in [-0.1, -0.05) is 44.2 Å². The van der Waals surface area contributed by atoms with Crippen LogP contribution in [0.4, 0.5) is 0 Å². The minimum Gasteiger partial charge on any atom is -0.481 e. The van der Waals surface area contributed by atoms with Gasteiger partial charge in [-0.15, -0.1) is 0 Å². The summed E-state index contributed by atoms with van der Waals surface area (Å²) in [5.41, 5.74) is 0.739. The van der Waals surface area contributed by atoms with Crippen LogP contribution >= 0.6 is 0 Å². The van der Waals surface area contributed by atoms with E-state index in [0.29, 0.717) is 19.4 Å². The average molecular weight is 277 g/mol. The Morgan fingerprint density at radius 3 is 2.35 bits per heavy atom. The van der Waals surface area contributed by atoms with E-state index in [-0.39, 0.29) is 17.7 Å². The number of carbonyl (C=O) groups is 2. The van der Waals surface area contributed by atoms with Crippen LogP contribution in [-0.4, -0.2) is 28.9 Å². The van der Waals surface area contributed by atoms with E-state index >= 15 is 0 Å². The fourth-order valence-corrected chi connectivity index (χ4v) is 2.08. The molecule has 0 aliphatic heterocycles. The predicted octanol–water partition coefficient (Wildman–Crippen LogP) is 2.93. The van der Waals surface area contributed by atoms with E-state index in [4.69, 9.17) is 5.11 Å². The van der Waals surface area contributed by atoms with Crippen molar-refractivity contribution in [3.8, 4) is 0 Å². The Bertz CT molecular complexity index is 454. The SMILES string of the molecule is CN(Cc1ccccc1)C(=O)CCC(C)(C)CC(=O)O. The molecule has 4 nitrogen and oxygen atoms in total. The van der Waals surface area contributed by atoms with Crippen molar-refractivity contribution in [2.24, 2.45) is 5.41 Å². The van der Waals surface area contributed by atoms with Crippen molar-refractivity contribution in [1.29, 1.82) is 0 Å². The van der Waals surface area contributed by atoms with E-state index in [0.717, 1.165) is 5.56 Å². The quantitative estimate of drug-likeness (QED) is 0.833. The summed E-state index contributed by atoms with van der Waals surface area (Å²) in [6.45, 7) is 4.34. The fraction of sp³-hybridized carbons (Fsp3) is 0.500. The summed E-state index contributed by atoms with van der Waals surface area (Å²) < 4.78 is 0. The van der Waals surface area contributed by atoms with Gasteiger partial charge in [-0.05, 0) is 17.4 Å². The van der Waals surface area contributed by atoms with E-state index in [9.17, 15) is 9.59 Å². The monoisotopic (exact) mass is 277 g/mol. The third-order valence-electron chi connectivity index (χ3n) is 3.33. The molecule has 1 aromatic carbocycles. The second-order valence-corrected chi connectivity index (χ2v) is 5.97. The Morgan fingerprint density at radius 1 is 1.20 bits per heavy atom. The highest BCUT2D eigenvalue weighted by molar-refractivity contribution is 5.76. The molecule has 0 fully saturated rings. The molecule has 0 unspecified atom stereocenters. The molecule has 1 amide bonds. The largest absolute Gasteiger partial charge is 0.481 e. The highest BCUT2D eigenvalue weighted by atomic mass is 16.4. The van der Waals surface area contributed by atoms with Gasteiger partial charge in [0.25, 0.3) is 0 Å². The summed E-state index contributed by atoms with van der Waals surface area (Å²) in [6.07, 6.45) is 1.05. The van der Waals surface area contributed by atoms with E-state index < -0.39 is 5.97 Å². The third-order valence-corrected chi connectivity index (χ3v) is 3.33. The molecule has 1 N–H and O–H groups in total. The van der Waals surface area contributed by atoms with Crippen LogP contribution in [0.1, 0.15) is 38.7 Å². The third kappa shape index (κ3) is 5.87. The molecule has 0 aliphatic carbocycles. The lowest BCUT2D eigenvalue weighted by Crippen LogP contribution is -2.28. The minimum absolute atomic E-state index is 0.0484. The number of carboxylic acids is 1. The summed E-state index contributed by atoms with van der Waals surface area (Å²) in [5, 5.41) is 8.82. The normalized spacial score (nSPS) is 11.2. The van der Waals surface area contributed by atoms with Gasteiger partial charge < -0.3 is 10.0 Å². The molecule has 0 saturated carbocycles. The maximum Gasteiger partial charge on any atom is 0.303 e. The zero-order chi connectivity index (χ0) is 15.2. The fourth-order valence-electron chi connectivity index (χ4n) is 2.08. The van der Waals surface area contributed by atoms with Gasteiger partial charge in [0.15, 0.2) is 0 Å². The number of hydrogen-bond acceptors (Lipinski definition) is 2. The first-order valence-electron chi connectivity index (χ1n) is 6.80. The zero-order valence-corrected chi connectivity index (χ0v) is 12.4. The first-order chi connectivity index (χ1) is 9.30. The summed E-state index contributed by atoms with van der Waals surface area (Å²) in [7, 11) is 1.78. The zero-order valence-electron chi connectivity index (χ0n) is 12.4. The second kappa shape index (κ2) is 7.08. The molecule has 4 heteroatoms. The van der Waals surface area contributed by atoms with Gasteiger partial charge in [-0.3, -0.25) is 9.59 Å². The van der Waals surface area contributed by atoms with Gasteiger partial charge >= 0.3 is 5.97 Å². The van der Waals surface area contributed by atoms with Gasteiger partial charge in [0.05, 0.1) is 6.42 Å². The van der Waals surface area contributed by atoms with Gasteiger partial charge in [-0.2, -0.15) is 0 Å². The van der Waals surface area contributed by atoms with Crippen LogP contribution in [0, 0.1) is 5.41 Å². The molecule has 1 aromatic rings. The number of carboxylic acid groups (broad SMARTS) is 1. The summed E-state index contributed by atoms with van der Waals surface area (Å²) in [5.74, 6) is -0.771. The van der Waals surface area contributed by atoms with Crippen LogP contribution in [0.15, 0.2) is 30.3 Å². The van der Waals surface area contributed by atoms with E-state index in [1.807, 2.05) is 44.2 Å². The van der Waals surface area contributed by atoms with E-state index in [1.54, 1.807) is 11.9 Å². The molecule has 110 valence electrons. The summed E-state index contributed by atoms with van der Waals surface area (Å²) in [6, 6.07) is 9.81. The Labute approximate surface area is 120 Å². The maximum atomic E-state index is 12.1.